The highest BCUT2D eigenvalue weighted by atomic mass is 15.0. The van der Waals surface area contributed by atoms with Gasteiger partial charge < -0.3 is 5.32 Å². The van der Waals surface area contributed by atoms with E-state index in [0.29, 0.717) is 11.6 Å². The number of benzene rings is 1. The third-order valence-corrected chi connectivity index (χ3v) is 4.04. The highest BCUT2D eigenvalue weighted by molar-refractivity contribution is 5.83. The van der Waals surface area contributed by atoms with Crippen LogP contribution in [0.2, 0.25) is 0 Å². The van der Waals surface area contributed by atoms with E-state index in [4.69, 9.17) is 0 Å². The molecule has 0 spiro atoms. The summed E-state index contributed by atoms with van der Waals surface area (Å²) in [6.45, 7) is 2.06. The molecule has 0 atom stereocenters. The van der Waals surface area contributed by atoms with E-state index in [1.54, 1.807) is 0 Å². The van der Waals surface area contributed by atoms with Gasteiger partial charge in [0.25, 0.3) is 0 Å². The van der Waals surface area contributed by atoms with E-state index in [1.165, 1.54) is 37.7 Å². The van der Waals surface area contributed by atoms with Gasteiger partial charge in [0.15, 0.2) is 0 Å². The second-order valence-corrected chi connectivity index (χ2v) is 5.67. The second-order valence-electron chi connectivity index (χ2n) is 5.67. The Bertz CT molecular complexity index is 664. The van der Waals surface area contributed by atoms with Crippen molar-refractivity contribution >= 4 is 16.7 Å². The molecule has 0 bridgehead atoms. The first-order valence-corrected chi connectivity index (χ1v) is 7.34. The van der Waals surface area contributed by atoms with Crippen molar-refractivity contribution in [2.45, 2.75) is 45.1 Å². The SMILES string of the molecule is Cc1ccc2nc(NC3CCCCC3)c(C#N)cc2c1. The number of aryl methyl sites for hydroxylation is 1. The molecule has 1 aromatic heterocycles. The molecule has 3 nitrogen and oxygen atoms in total. The number of hydrogen-bond acceptors (Lipinski definition) is 3. The maximum absolute atomic E-state index is 9.35. The molecule has 20 heavy (non-hydrogen) atoms. The van der Waals surface area contributed by atoms with Crippen LogP contribution in [0.15, 0.2) is 24.3 Å². The van der Waals surface area contributed by atoms with Crippen molar-refractivity contribution in [3.63, 3.8) is 0 Å². The molecule has 0 unspecified atom stereocenters. The third-order valence-electron chi connectivity index (χ3n) is 4.04. The maximum Gasteiger partial charge on any atom is 0.144 e. The lowest BCUT2D eigenvalue weighted by Gasteiger charge is -2.23. The van der Waals surface area contributed by atoms with Crippen molar-refractivity contribution in [2.24, 2.45) is 0 Å². The second kappa shape index (κ2) is 5.50. The number of hydrogen-bond donors (Lipinski definition) is 1. The van der Waals surface area contributed by atoms with E-state index in [9.17, 15) is 5.26 Å². The molecule has 1 heterocycles. The molecule has 0 saturated heterocycles. The fraction of sp³-hybridized carbons (Fsp3) is 0.412. The normalized spacial score (nSPS) is 16.0. The molecule has 102 valence electrons. The van der Waals surface area contributed by atoms with E-state index in [1.807, 2.05) is 12.1 Å². The van der Waals surface area contributed by atoms with Gasteiger partial charge >= 0.3 is 0 Å². The summed E-state index contributed by atoms with van der Waals surface area (Å²) in [6.07, 6.45) is 6.23. The number of nitrogens with one attached hydrogen (secondary N) is 1. The van der Waals surface area contributed by atoms with Gasteiger partial charge in [-0.1, -0.05) is 30.9 Å². The summed E-state index contributed by atoms with van der Waals surface area (Å²) in [5.41, 5.74) is 2.79. The molecule has 3 heteroatoms. The third kappa shape index (κ3) is 2.60. The summed E-state index contributed by atoms with van der Waals surface area (Å²) in [6, 6.07) is 10.8. The van der Waals surface area contributed by atoms with Crippen LogP contribution >= 0.6 is 0 Å². The van der Waals surface area contributed by atoms with E-state index < -0.39 is 0 Å². The first-order chi connectivity index (χ1) is 9.76. The average Bonchev–Trinajstić information content (AvgIpc) is 2.48. The zero-order chi connectivity index (χ0) is 13.9. The van der Waals surface area contributed by atoms with Crippen LogP contribution in [-0.2, 0) is 0 Å². The van der Waals surface area contributed by atoms with Crippen LogP contribution in [0.4, 0.5) is 5.82 Å². The van der Waals surface area contributed by atoms with Crippen molar-refractivity contribution in [3.8, 4) is 6.07 Å². The van der Waals surface area contributed by atoms with Crippen molar-refractivity contribution in [3.05, 3.63) is 35.4 Å². The minimum absolute atomic E-state index is 0.464. The van der Waals surface area contributed by atoms with Crippen LogP contribution in [0.3, 0.4) is 0 Å². The Morgan fingerprint density at radius 2 is 2.00 bits per heavy atom. The molecule has 1 N–H and O–H groups in total. The van der Waals surface area contributed by atoms with Gasteiger partial charge in [-0.3, -0.25) is 0 Å². The van der Waals surface area contributed by atoms with E-state index in [0.717, 1.165) is 16.7 Å². The molecule has 3 rings (SSSR count). The minimum atomic E-state index is 0.464. The van der Waals surface area contributed by atoms with Crippen molar-refractivity contribution in [1.29, 1.82) is 5.26 Å². The van der Waals surface area contributed by atoms with Crippen molar-refractivity contribution < 1.29 is 0 Å². The molecular formula is C17H19N3. The Labute approximate surface area is 119 Å². The molecule has 1 fully saturated rings. The average molecular weight is 265 g/mol. The van der Waals surface area contributed by atoms with Gasteiger partial charge in [0, 0.05) is 11.4 Å². The standard InChI is InChI=1S/C17H19N3/c1-12-7-8-16-13(9-12)10-14(11-18)17(20-16)19-15-5-3-2-4-6-15/h7-10,15H,2-6H2,1H3,(H,19,20). The Morgan fingerprint density at radius 1 is 1.20 bits per heavy atom. The van der Waals surface area contributed by atoms with Crippen LogP contribution in [-0.4, -0.2) is 11.0 Å². The highest BCUT2D eigenvalue weighted by Crippen LogP contribution is 2.25. The zero-order valence-electron chi connectivity index (χ0n) is 11.8. The summed E-state index contributed by atoms with van der Waals surface area (Å²) < 4.78 is 0. The van der Waals surface area contributed by atoms with Crippen LogP contribution < -0.4 is 5.32 Å². The summed E-state index contributed by atoms with van der Waals surface area (Å²) in [5, 5.41) is 13.9. The summed E-state index contributed by atoms with van der Waals surface area (Å²) in [7, 11) is 0. The molecule has 1 aliphatic rings. The summed E-state index contributed by atoms with van der Waals surface area (Å²) in [5.74, 6) is 0.746. The van der Waals surface area contributed by atoms with Crippen molar-refractivity contribution in [2.75, 3.05) is 5.32 Å². The topological polar surface area (TPSA) is 48.7 Å². The Kier molecular flexibility index (Phi) is 3.56. The van der Waals surface area contributed by atoms with Gasteiger partial charge in [-0.15, -0.1) is 0 Å². The number of anilines is 1. The zero-order valence-corrected chi connectivity index (χ0v) is 11.8. The lowest BCUT2D eigenvalue weighted by atomic mass is 9.95. The molecule has 0 aliphatic heterocycles. The van der Waals surface area contributed by atoms with Crippen LogP contribution in [0.5, 0.6) is 0 Å². The van der Waals surface area contributed by atoms with Gasteiger partial charge in [0.05, 0.1) is 11.1 Å². The predicted molar refractivity (Wildman–Crippen MR) is 81.7 cm³/mol. The number of nitriles is 1. The molecular weight excluding hydrogens is 246 g/mol. The fourth-order valence-electron chi connectivity index (χ4n) is 2.93. The van der Waals surface area contributed by atoms with Crippen LogP contribution in [0.25, 0.3) is 10.9 Å². The molecule has 2 aromatic rings. The van der Waals surface area contributed by atoms with E-state index >= 15 is 0 Å². The number of rotatable bonds is 2. The first-order valence-electron chi connectivity index (χ1n) is 7.34. The smallest absolute Gasteiger partial charge is 0.144 e. The quantitative estimate of drug-likeness (QED) is 0.887. The molecule has 1 saturated carbocycles. The fourth-order valence-corrected chi connectivity index (χ4v) is 2.93. The Hall–Kier alpha value is -2.08. The summed E-state index contributed by atoms with van der Waals surface area (Å²) in [4.78, 5) is 4.65. The van der Waals surface area contributed by atoms with Crippen molar-refractivity contribution in [1.82, 2.24) is 4.98 Å². The number of nitrogens with zero attached hydrogens (tertiary/aromatic N) is 2. The Morgan fingerprint density at radius 3 is 2.75 bits per heavy atom. The van der Waals surface area contributed by atoms with Crippen LogP contribution in [0, 0.1) is 18.3 Å². The lowest BCUT2D eigenvalue weighted by molar-refractivity contribution is 0.462. The number of fused-ring (bicyclic) bond motifs is 1. The van der Waals surface area contributed by atoms with Gasteiger partial charge in [-0.25, -0.2) is 4.98 Å². The molecule has 1 aliphatic carbocycles. The monoisotopic (exact) mass is 265 g/mol. The minimum Gasteiger partial charge on any atom is -0.366 e. The van der Waals surface area contributed by atoms with Gasteiger partial charge in [0.1, 0.15) is 11.9 Å². The predicted octanol–water partition coefficient (Wildman–Crippen LogP) is 4.16. The largest absolute Gasteiger partial charge is 0.366 e. The van der Waals surface area contributed by atoms with Gasteiger partial charge in [0.2, 0.25) is 0 Å². The van der Waals surface area contributed by atoms with Crippen LogP contribution in [0.1, 0.15) is 43.2 Å². The summed E-state index contributed by atoms with van der Waals surface area (Å²) >= 11 is 0. The molecule has 1 aromatic carbocycles. The lowest BCUT2D eigenvalue weighted by Crippen LogP contribution is -2.23. The highest BCUT2D eigenvalue weighted by Gasteiger charge is 2.16. The maximum atomic E-state index is 9.35. The number of pyridine rings is 1. The van der Waals surface area contributed by atoms with Gasteiger partial charge in [-0.05, 0) is 38.0 Å². The Balaban J connectivity index is 1.96. The molecule has 0 radical (unpaired) electrons. The van der Waals surface area contributed by atoms with Gasteiger partial charge in [-0.2, -0.15) is 5.26 Å². The first kappa shape index (κ1) is 12.9. The van der Waals surface area contributed by atoms with E-state index in [2.05, 4.69) is 35.4 Å². The number of aromatic nitrogens is 1. The van der Waals surface area contributed by atoms with E-state index in [-0.39, 0.29) is 0 Å². The molecule has 0 amide bonds.